The molecule has 0 unspecified atom stereocenters. The number of rotatable bonds is 5. The summed E-state index contributed by atoms with van der Waals surface area (Å²) in [6.07, 6.45) is 3.36. The van der Waals surface area contributed by atoms with E-state index in [-0.39, 0.29) is 17.3 Å². The van der Waals surface area contributed by atoms with Crippen molar-refractivity contribution in [1.29, 1.82) is 0 Å². The van der Waals surface area contributed by atoms with E-state index in [1.165, 1.54) is 21.4 Å². The Morgan fingerprint density at radius 3 is 2.74 bits per heavy atom. The van der Waals surface area contributed by atoms with Crippen LogP contribution >= 0.6 is 0 Å². The summed E-state index contributed by atoms with van der Waals surface area (Å²) in [5, 5.41) is 11.0. The Labute approximate surface area is 180 Å². The first-order valence-electron chi connectivity index (χ1n) is 9.86. The minimum atomic E-state index is -3.64. The van der Waals surface area contributed by atoms with Gasteiger partial charge in [-0.25, -0.2) is 8.42 Å². The zero-order valence-corrected chi connectivity index (χ0v) is 18.2. The van der Waals surface area contributed by atoms with E-state index in [0.717, 1.165) is 5.56 Å². The fourth-order valence-corrected chi connectivity index (χ4v) is 5.01. The number of amides is 1. The Bertz CT molecular complexity index is 1190. The molecule has 0 radical (unpaired) electrons. The molecule has 1 aliphatic heterocycles. The fraction of sp³-hybridized carbons (Fsp3) is 0.350. The number of carbonyl (C=O) groups excluding carboxylic acids is 1. The maximum atomic E-state index is 13.0. The third kappa shape index (κ3) is 4.32. The average Bonchev–Trinajstić information content (AvgIpc) is 3.37. The van der Waals surface area contributed by atoms with Gasteiger partial charge in [0.2, 0.25) is 10.0 Å². The van der Waals surface area contributed by atoms with Gasteiger partial charge in [-0.2, -0.15) is 14.5 Å². The van der Waals surface area contributed by atoms with E-state index in [9.17, 15) is 13.2 Å². The van der Waals surface area contributed by atoms with Gasteiger partial charge in [-0.1, -0.05) is 12.1 Å². The Morgan fingerprint density at radius 1 is 1.16 bits per heavy atom. The highest BCUT2D eigenvalue weighted by Crippen LogP contribution is 2.23. The molecule has 0 spiro atoms. The number of ether oxygens (including phenoxy) is 1. The third-order valence-corrected chi connectivity index (χ3v) is 7.09. The van der Waals surface area contributed by atoms with Gasteiger partial charge in [0.25, 0.3) is 5.91 Å². The molecule has 4 rings (SSSR count). The molecule has 1 fully saturated rings. The summed E-state index contributed by atoms with van der Waals surface area (Å²) in [5.41, 5.74) is 1.83. The van der Waals surface area contributed by atoms with Crippen LogP contribution in [0, 0.1) is 0 Å². The molecule has 1 saturated heterocycles. The molecule has 164 valence electrons. The van der Waals surface area contributed by atoms with Crippen LogP contribution in [0.1, 0.15) is 16.9 Å². The van der Waals surface area contributed by atoms with Gasteiger partial charge in [-0.3, -0.25) is 14.6 Å². The molecule has 10 nitrogen and oxygen atoms in total. The van der Waals surface area contributed by atoms with Crippen LogP contribution < -0.4 is 4.74 Å². The average molecular weight is 445 g/mol. The second-order valence-corrected chi connectivity index (χ2v) is 9.24. The molecule has 1 amide bonds. The first-order valence-corrected chi connectivity index (χ1v) is 11.3. The van der Waals surface area contributed by atoms with Gasteiger partial charge in [-0.15, -0.1) is 0 Å². The summed E-state index contributed by atoms with van der Waals surface area (Å²) in [6.45, 7) is 1.33. The molecular formula is C20H24N6O4S. The van der Waals surface area contributed by atoms with Crippen LogP contribution in [0.2, 0.25) is 0 Å². The number of hydrogen-bond acceptors (Lipinski definition) is 6. The van der Waals surface area contributed by atoms with Crippen molar-refractivity contribution in [2.75, 3.05) is 33.3 Å². The zero-order chi connectivity index (χ0) is 22.0. The van der Waals surface area contributed by atoms with Gasteiger partial charge in [0, 0.05) is 45.0 Å². The highest BCUT2D eigenvalue weighted by atomic mass is 32.2. The van der Waals surface area contributed by atoms with Crippen LogP contribution in [-0.2, 0) is 17.1 Å². The number of nitrogens with one attached hydrogen (secondary N) is 1. The van der Waals surface area contributed by atoms with Gasteiger partial charge in [-0.05, 0) is 24.6 Å². The molecule has 31 heavy (non-hydrogen) atoms. The van der Waals surface area contributed by atoms with Crippen molar-refractivity contribution in [1.82, 2.24) is 29.2 Å². The van der Waals surface area contributed by atoms with Crippen LogP contribution in [0.4, 0.5) is 0 Å². The van der Waals surface area contributed by atoms with Crippen LogP contribution in [0.3, 0.4) is 0 Å². The summed E-state index contributed by atoms with van der Waals surface area (Å²) >= 11 is 0. The molecule has 1 aliphatic rings. The second kappa shape index (κ2) is 8.52. The number of methoxy groups -OCH3 is 1. The topological polar surface area (TPSA) is 113 Å². The first-order chi connectivity index (χ1) is 14.9. The van der Waals surface area contributed by atoms with Crippen LogP contribution in [0.15, 0.2) is 47.6 Å². The maximum absolute atomic E-state index is 13.0. The number of sulfonamides is 1. The molecule has 0 aliphatic carbocycles. The molecule has 0 bridgehead atoms. The predicted octanol–water partition coefficient (Wildman–Crippen LogP) is 1.36. The number of aryl methyl sites for hydroxylation is 1. The van der Waals surface area contributed by atoms with E-state index in [1.54, 1.807) is 25.1 Å². The van der Waals surface area contributed by atoms with Crippen LogP contribution in [-0.4, -0.2) is 76.8 Å². The SMILES string of the molecule is COc1cccc(-c2cc(C(=O)N3CCCN(S(=O)(=O)c4cnn(C)c4)CC3)[nH]n2)c1. The lowest BCUT2D eigenvalue weighted by atomic mass is 10.1. The second-order valence-electron chi connectivity index (χ2n) is 7.30. The normalized spacial score (nSPS) is 15.6. The van der Waals surface area contributed by atoms with Gasteiger partial charge in [0.05, 0.1) is 19.0 Å². The predicted molar refractivity (Wildman–Crippen MR) is 113 cm³/mol. The molecule has 3 aromatic rings. The maximum Gasteiger partial charge on any atom is 0.271 e. The molecule has 1 aromatic carbocycles. The van der Waals surface area contributed by atoms with E-state index in [0.29, 0.717) is 43.2 Å². The van der Waals surface area contributed by atoms with E-state index >= 15 is 0 Å². The van der Waals surface area contributed by atoms with Crippen molar-refractivity contribution in [3.63, 3.8) is 0 Å². The summed E-state index contributed by atoms with van der Waals surface area (Å²) in [6, 6.07) is 9.13. The lowest BCUT2D eigenvalue weighted by Crippen LogP contribution is -2.37. The molecule has 3 heterocycles. The fourth-order valence-electron chi connectivity index (χ4n) is 3.55. The Kier molecular flexibility index (Phi) is 5.79. The van der Waals surface area contributed by atoms with Crippen LogP contribution in [0.5, 0.6) is 5.75 Å². The smallest absolute Gasteiger partial charge is 0.271 e. The van der Waals surface area contributed by atoms with Gasteiger partial charge < -0.3 is 9.64 Å². The lowest BCUT2D eigenvalue weighted by molar-refractivity contribution is 0.0758. The number of nitrogens with zero attached hydrogens (tertiary/aromatic N) is 5. The Hall–Kier alpha value is -3.18. The van der Waals surface area contributed by atoms with Crippen molar-refractivity contribution in [2.45, 2.75) is 11.3 Å². The molecule has 1 N–H and O–H groups in total. The number of carbonyl (C=O) groups is 1. The number of H-pyrrole nitrogens is 1. The van der Waals surface area contributed by atoms with Crippen molar-refractivity contribution in [3.05, 3.63) is 48.4 Å². The highest BCUT2D eigenvalue weighted by Gasteiger charge is 2.30. The quantitative estimate of drug-likeness (QED) is 0.636. The van der Waals surface area contributed by atoms with Crippen molar-refractivity contribution >= 4 is 15.9 Å². The molecule has 0 saturated carbocycles. The molecular weight excluding hydrogens is 420 g/mol. The van der Waals surface area contributed by atoms with E-state index in [1.807, 2.05) is 24.3 Å². The minimum absolute atomic E-state index is 0.159. The largest absolute Gasteiger partial charge is 0.497 e. The summed E-state index contributed by atoms with van der Waals surface area (Å²) in [4.78, 5) is 14.8. The summed E-state index contributed by atoms with van der Waals surface area (Å²) < 4.78 is 33.8. The first kappa shape index (κ1) is 21.1. The van der Waals surface area contributed by atoms with Gasteiger partial charge >= 0.3 is 0 Å². The van der Waals surface area contributed by atoms with Crippen molar-refractivity contribution in [3.8, 4) is 17.0 Å². The molecule has 0 atom stereocenters. The minimum Gasteiger partial charge on any atom is -0.497 e. The van der Waals surface area contributed by atoms with E-state index in [2.05, 4.69) is 15.3 Å². The number of hydrogen-bond donors (Lipinski definition) is 1. The van der Waals surface area contributed by atoms with Crippen molar-refractivity contribution < 1.29 is 17.9 Å². The highest BCUT2D eigenvalue weighted by molar-refractivity contribution is 7.89. The third-order valence-electron chi connectivity index (χ3n) is 5.23. The van der Waals surface area contributed by atoms with E-state index in [4.69, 9.17) is 4.74 Å². The van der Waals surface area contributed by atoms with Gasteiger partial charge in [0.15, 0.2) is 0 Å². The number of aromatic amines is 1. The Balaban J connectivity index is 1.46. The Morgan fingerprint density at radius 2 is 2.00 bits per heavy atom. The summed E-state index contributed by atoms with van der Waals surface area (Å²) in [7, 11) is -0.371. The molecule has 11 heteroatoms. The van der Waals surface area contributed by atoms with E-state index < -0.39 is 10.0 Å². The monoisotopic (exact) mass is 444 g/mol. The standard InChI is InChI=1S/C20H24N6O4S/c1-24-14-17(13-21-24)31(28,29)26-8-4-7-25(9-10-26)20(27)19-12-18(22-23-19)15-5-3-6-16(11-15)30-2/h3,5-6,11-14H,4,7-10H2,1-2H3,(H,22,23). The zero-order valence-electron chi connectivity index (χ0n) is 17.4. The molecule has 2 aromatic heterocycles. The van der Waals surface area contributed by atoms with Crippen LogP contribution in [0.25, 0.3) is 11.3 Å². The number of benzene rings is 1. The summed E-state index contributed by atoms with van der Waals surface area (Å²) in [5.74, 6) is 0.498. The van der Waals surface area contributed by atoms with Crippen molar-refractivity contribution in [2.24, 2.45) is 7.05 Å². The number of aromatic nitrogens is 4. The lowest BCUT2D eigenvalue weighted by Gasteiger charge is -2.21. The van der Waals surface area contributed by atoms with Gasteiger partial charge in [0.1, 0.15) is 16.3 Å².